The number of benzene rings is 1. The van der Waals surface area contributed by atoms with Crippen molar-refractivity contribution in [1.82, 2.24) is 4.98 Å². The first kappa shape index (κ1) is 17.0. The first-order valence-corrected chi connectivity index (χ1v) is 7.65. The van der Waals surface area contributed by atoms with Crippen LogP contribution >= 0.6 is 0 Å². The Labute approximate surface area is 135 Å². The van der Waals surface area contributed by atoms with E-state index in [4.69, 9.17) is 9.84 Å². The van der Waals surface area contributed by atoms with Crippen LogP contribution in [0.15, 0.2) is 42.6 Å². The number of carboxylic acid groups (broad SMARTS) is 1. The molecule has 2 aromatic rings. The molecule has 0 saturated heterocycles. The van der Waals surface area contributed by atoms with Crippen molar-refractivity contribution < 1.29 is 19.7 Å². The number of carbonyl (C=O) groups is 1. The summed E-state index contributed by atoms with van der Waals surface area (Å²) in [5.74, 6) is -0.177. The Hall–Kier alpha value is -2.40. The van der Waals surface area contributed by atoms with Crippen molar-refractivity contribution in [1.29, 1.82) is 0 Å². The molecule has 0 radical (unpaired) electrons. The largest absolute Gasteiger partial charge is 0.490 e. The molecule has 0 bridgehead atoms. The summed E-state index contributed by atoms with van der Waals surface area (Å²) in [6.07, 6.45) is 2.49. The summed E-state index contributed by atoms with van der Waals surface area (Å²) < 4.78 is 5.55. The second-order valence-electron chi connectivity index (χ2n) is 5.31. The predicted molar refractivity (Wildman–Crippen MR) is 86.5 cm³/mol. The summed E-state index contributed by atoms with van der Waals surface area (Å²) >= 11 is 0. The number of aryl methyl sites for hydroxylation is 2. The van der Waals surface area contributed by atoms with Crippen LogP contribution in [0.25, 0.3) is 0 Å². The molecular weight excluding hydrogens is 294 g/mol. The Kier molecular flexibility index (Phi) is 6.11. The quantitative estimate of drug-likeness (QED) is 0.783. The number of carboxylic acids is 1. The topological polar surface area (TPSA) is 79.7 Å². The number of aliphatic carboxylic acids is 1. The molecule has 0 spiro atoms. The van der Waals surface area contributed by atoms with Crippen LogP contribution in [-0.4, -0.2) is 27.8 Å². The molecule has 1 aromatic carbocycles. The maximum absolute atomic E-state index is 10.5. The van der Waals surface area contributed by atoms with E-state index in [0.717, 1.165) is 17.5 Å². The summed E-state index contributed by atoms with van der Waals surface area (Å²) in [6, 6.07) is 11.0. The van der Waals surface area contributed by atoms with Gasteiger partial charge < -0.3 is 14.9 Å². The smallest absolute Gasteiger partial charge is 0.303 e. The average molecular weight is 315 g/mol. The molecule has 0 aliphatic rings. The van der Waals surface area contributed by atoms with Crippen molar-refractivity contribution in [3.8, 4) is 5.75 Å². The van der Waals surface area contributed by atoms with Crippen LogP contribution in [0.1, 0.15) is 36.3 Å². The zero-order chi connectivity index (χ0) is 16.7. The highest BCUT2D eigenvalue weighted by Crippen LogP contribution is 2.17. The number of ether oxygens (including phenoxy) is 1. The van der Waals surface area contributed by atoms with Gasteiger partial charge in [0.05, 0.1) is 5.69 Å². The third-order valence-corrected chi connectivity index (χ3v) is 3.56. The molecule has 1 heterocycles. The van der Waals surface area contributed by atoms with Gasteiger partial charge in [0, 0.05) is 12.6 Å². The molecule has 0 fully saturated rings. The predicted octanol–water partition coefficient (Wildman–Crippen LogP) is 2.77. The Bertz CT molecular complexity index is 622. The fraction of sp³-hybridized carbons (Fsp3) is 0.333. The number of nitrogens with zero attached hydrogens (tertiary/aromatic N) is 1. The monoisotopic (exact) mass is 315 g/mol. The zero-order valence-electron chi connectivity index (χ0n) is 13.1. The van der Waals surface area contributed by atoms with Gasteiger partial charge >= 0.3 is 5.97 Å². The minimum atomic E-state index is -0.810. The Balaban J connectivity index is 1.85. The Morgan fingerprint density at radius 2 is 1.87 bits per heavy atom. The first-order chi connectivity index (χ1) is 11.1. The van der Waals surface area contributed by atoms with E-state index < -0.39 is 12.1 Å². The molecule has 0 unspecified atom stereocenters. The van der Waals surface area contributed by atoms with Gasteiger partial charge in [-0.05, 0) is 42.2 Å². The standard InChI is InChI=1S/C18H21NO4/c1-2-13-5-9-16(19-11-13)17(20)12-23-15-7-3-14(4-8-15)6-10-18(21)22/h3-5,7-9,11,17,20H,2,6,10,12H2,1H3,(H,21,22)/t17-/m0/s1. The summed E-state index contributed by atoms with van der Waals surface area (Å²) in [7, 11) is 0. The number of pyridine rings is 1. The van der Waals surface area contributed by atoms with Gasteiger partial charge in [-0.3, -0.25) is 9.78 Å². The second-order valence-corrected chi connectivity index (χ2v) is 5.31. The minimum Gasteiger partial charge on any atom is -0.490 e. The van der Waals surface area contributed by atoms with E-state index in [9.17, 15) is 9.90 Å². The van der Waals surface area contributed by atoms with E-state index in [1.54, 1.807) is 18.3 Å². The summed E-state index contributed by atoms with van der Waals surface area (Å²) in [5.41, 5.74) is 2.65. The molecular formula is C18H21NO4. The van der Waals surface area contributed by atoms with E-state index in [0.29, 0.717) is 17.9 Å². The van der Waals surface area contributed by atoms with E-state index in [-0.39, 0.29) is 13.0 Å². The third-order valence-electron chi connectivity index (χ3n) is 3.56. The van der Waals surface area contributed by atoms with Gasteiger partial charge in [-0.1, -0.05) is 25.1 Å². The molecule has 5 nitrogen and oxygen atoms in total. The average Bonchev–Trinajstić information content (AvgIpc) is 2.58. The molecule has 0 aliphatic heterocycles. The van der Waals surface area contributed by atoms with Crippen molar-refractivity contribution >= 4 is 5.97 Å². The van der Waals surface area contributed by atoms with Crippen LogP contribution in [-0.2, 0) is 17.6 Å². The molecule has 2 N–H and O–H groups in total. The van der Waals surface area contributed by atoms with Crippen molar-refractivity contribution in [2.45, 2.75) is 32.3 Å². The van der Waals surface area contributed by atoms with Gasteiger partial charge in [-0.25, -0.2) is 0 Å². The maximum Gasteiger partial charge on any atom is 0.303 e. The lowest BCUT2D eigenvalue weighted by Crippen LogP contribution is -2.11. The van der Waals surface area contributed by atoms with Crippen molar-refractivity contribution in [3.63, 3.8) is 0 Å². The van der Waals surface area contributed by atoms with Gasteiger partial charge in [-0.2, -0.15) is 0 Å². The van der Waals surface area contributed by atoms with Crippen molar-refractivity contribution in [2.24, 2.45) is 0 Å². The van der Waals surface area contributed by atoms with Gasteiger partial charge in [0.2, 0.25) is 0 Å². The summed E-state index contributed by atoms with van der Waals surface area (Å²) in [6.45, 7) is 2.17. The van der Waals surface area contributed by atoms with Crippen LogP contribution in [0.5, 0.6) is 5.75 Å². The van der Waals surface area contributed by atoms with E-state index in [1.165, 1.54) is 0 Å². The molecule has 1 aromatic heterocycles. The van der Waals surface area contributed by atoms with Gasteiger partial charge in [-0.15, -0.1) is 0 Å². The number of aromatic nitrogens is 1. The molecule has 0 amide bonds. The number of aliphatic hydroxyl groups excluding tert-OH is 1. The van der Waals surface area contributed by atoms with E-state index in [1.807, 2.05) is 24.3 Å². The van der Waals surface area contributed by atoms with Gasteiger partial charge in [0.15, 0.2) is 0 Å². The highest BCUT2D eigenvalue weighted by atomic mass is 16.5. The highest BCUT2D eigenvalue weighted by molar-refractivity contribution is 5.67. The van der Waals surface area contributed by atoms with Gasteiger partial charge in [0.25, 0.3) is 0 Å². The van der Waals surface area contributed by atoms with Crippen LogP contribution in [0.3, 0.4) is 0 Å². The van der Waals surface area contributed by atoms with E-state index in [2.05, 4.69) is 11.9 Å². The van der Waals surface area contributed by atoms with Gasteiger partial charge in [0.1, 0.15) is 18.5 Å². The number of rotatable bonds is 8. The number of hydrogen-bond donors (Lipinski definition) is 2. The first-order valence-electron chi connectivity index (χ1n) is 7.65. The summed E-state index contributed by atoms with van der Waals surface area (Å²) in [5, 5.41) is 18.7. The molecule has 23 heavy (non-hydrogen) atoms. The zero-order valence-corrected chi connectivity index (χ0v) is 13.1. The maximum atomic E-state index is 10.5. The lowest BCUT2D eigenvalue weighted by molar-refractivity contribution is -0.136. The van der Waals surface area contributed by atoms with Crippen LogP contribution in [0.4, 0.5) is 0 Å². The second kappa shape index (κ2) is 8.29. The fourth-order valence-corrected chi connectivity index (χ4v) is 2.11. The lowest BCUT2D eigenvalue weighted by Gasteiger charge is -2.12. The number of aliphatic hydroxyl groups is 1. The van der Waals surface area contributed by atoms with Crippen molar-refractivity contribution in [3.05, 3.63) is 59.4 Å². The fourth-order valence-electron chi connectivity index (χ4n) is 2.11. The van der Waals surface area contributed by atoms with E-state index >= 15 is 0 Å². The molecule has 122 valence electrons. The Morgan fingerprint density at radius 1 is 1.17 bits per heavy atom. The molecule has 1 atom stereocenters. The molecule has 5 heteroatoms. The van der Waals surface area contributed by atoms with Crippen LogP contribution < -0.4 is 4.74 Å². The highest BCUT2D eigenvalue weighted by Gasteiger charge is 2.10. The van der Waals surface area contributed by atoms with Crippen molar-refractivity contribution in [2.75, 3.05) is 6.61 Å². The summed E-state index contributed by atoms with van der Waals surface area (Å²) in [4.78, 5) is 14.8. The SMILES string of the molecule is CCc1ccc([C@@H](O)COc2ccc(CCC(=O)O)cc2)nc1. The molecule has 0 aliphatic carbocycles. The molecule has 0 saturated carbocycles. The lowest BCUT2D eigenvalue weighted by atomic mass is 10.1. The third kappa shape index (κ3) is 5.38. The van der Waals surface area contributed by atoms with Crippen LogP contribution in [0, 0.1) is 0 Å². The Morgan fingerprint density at radius 3 is 2.43 bits per heavy atom. The number of hydrogen-bond acceptors (Lipinski definition) is 4. The minimum absolute atomic E-state index is 0.109. The normalized spacial score (nSPS) is 11.9. The molecule has 2 rings (SSSR count). The van der Waals surface area contributed by atoms with Crippen LogP contribution in [0.2, 0.25) is 0 Å².